The Labute approximate surface area is 138 Å². The predicted octanol–water partition coefficient (Wildman–Crippen LogP) is -2.31. The fourth-order valence-electron chi connectivity index (χ4n) is 2.62. The van der Waals surface area contributed by atoms with Gasteiger partial charge in [-0.1, -0.05) is 13.3 Å². The van der Waals surface area contributed by atoms with Crippen LogP contribution in [-0.2, 0) is 9.53 Å². The van der Waals surface area contributed by atoms with Crippen LogP contribution in [0.15, 0.2) is 17.1 Å². The van der Waals surface area contributed by atoms with Crippen molar-refractivity contribution >= 4 is 11.7 Å². The van der Waals surface area contributed by atoms with Gasteiger partial charge in [-0.15, -0.1) is 0 Å². The van der Waals surface area contributed by atoms with Crippen LogP contribution < -0.4 is 22.5 Å². The summed E-state index contributed by atoms with van der Waals surface area (Å²) in [5.74, 6) is -0.427. The maximum atomic E-state index is 12.2. The molecule has 1 fully saturated rings. The summed E-state index contributed by atoms with van der Waals surface area (Å²) in [4.78, 5) is 27.8. The smallest absolute Gasteiger partial charge is 0.351 e. The first-order chi connectivity index (χ1) is 11.4. The first-order valence-corrected chi connectivity index (χ1v) is 7.74. The third kappa shape index (κ3) is 3.73. The molecule has 7 N–H and O–H groups in total. The van der Waals surface area contributed by atoms with E-state index in [1.54, 1.807) is 0 Å². The maximum Gasteiger partial charge on any atom is 0.351 e. The van der Waals surface area contributed by atoms with Gasteiger partial charge in [-0.2, -0.15) is 4.98 Å². The standard InChI is InChI=1S/C14H23N5O5/c1-2-3-7(15)12(22)18-10-11(21)8(6-20)24-13(10)19-5-4-9(16)17-14(19)23/h4-5,7-8,10-11,13,20-21H,2-3,6,15H2,1H3,(H,18,22)(H2,16,17,23)/t7?,8-,10?,11?,13-/m1/s1. The zero-order valence-electron chi connectivity index (χ0n) is 13.3. The van der Waals surface area contributed by atoms with Gasteiger partial charge >= 0.3 is 5.69 Å². The summed E-state index contributed by atoms with van der Waals surface area (Å²) in [6.45, 7) is 1.42. The Morgan fingerprint density at radius 2 is 2.29 bits per heavy atom. The first kappa shape index (κ1) is 18.3. The van der Waals surface area contributed by atoms with Crippen LogP contribution in [0.2, 0.25) is 0 Å². The van der Waals surface area contributed by atoms with Crippen molar-refractivity contribution in [3.05, 3.63) is 22.7 Å². The molecule has 10 nitrogen and oxygen atoms in total. The van der Waals surface area contributed by atoms with E-state index < -0.39 is 48.7 Å². The molecule has 1 aromatic heterocycles. The number of nitrogens with two attached hydrogens (primary N) is 2. The second-order valence-electron chi connectivity index (χ2n) is 5.71. The lowest BCUT2D eigenvalue weighted by Crippen LogP contribution is -2.52. The van der Waals surface area contributed by atoms with Crippen molar-refractivity contribution in [2.45, 2.75) is 50.3 Å². The second kappa shape index (κ2) is 7.71. The highest BCUT2D eigenvalue weighted by Gasteiger charge is 2.45. The average molecular weight is 341 g/mol. The number of aliphatic hydroxyl groups excluding tert-OH is 2. The molecule has 1 aliphatic heterocycles. The predicted molar refractivity (Wildman–Crippen MR) is 84.7 cm³/mol. The van der Waals surface area contributed by atoms with E-state index in [0.29, 0.717) is 6.42 Å². The summed E-state index contributed by atoms with van der Waals surface area (Å²) in [5, 5.41) is 22.2. The molecule has 1 saturated heterocycles. The molecule has 10 heteroatoms. The van der Waals surface area contributed by atoms with E-state index in [1.807, 2.05) is 6.92 Å². The summed E-state index contributed by atoms with van der Waals surface area (Å²) < 4.78 is 6.61. The monoisotopic (exact) mass is 341 g/mol. The van der Waals surface area contributed by atoms with Crippen LogP contribution in [0, 0.1) is 0 Å². The number of carbonyl (C=O) groups is 1. The summed E-state index contributed by atoms with van der Waals surface area (Å²) in [7, 11) is 0. The lowest BCUT2D eigenvalue weighted by Gasteiger charge is -2.24. The van der Waals surface area contributed by atoms with Crippen molar-refractivity contribution in [3.63, 3.8) is 0 Å². The van der Waals surface area contributed by atoms with Crippen LogP contribution in [-0.4, -0.2) is 56.6 Å². The molecular formula is C14H23N5O5. The van der Waals surface area contributed by atoms with Gasteiger partial charge in [0.15, 0.2) is 6.23 Å². The molecule has 5 atom stereocenters. The molecule has 134 valence electrons. The molecule has 1 aliphatic rings. The molecule has 1 aromatic rings. The highest BCUT2D eigenvalue weighted by Crippen LogP contribution is 2.28. The number of hydrogen-bond acceptors (Lipinski definition) is 8. The number of anilines is 1. The van der Waals surface area contributed by atoms with Gasteiger partial charge < -0.3 is 31.7 Å². The van der Waals surface area contributed by atoms with Gasteiger partial charge in [0.1, 0.15) is 24.1 Å². The number of nitrogens with zero attached hydrogens (tertiary/aromatic N) is 2. The zero-order valence-corrected chi connectivity index (χ0v) is 13.3. The minimum Gasteiger partial charge on any atom is -0.394 e. The van der Waals surface area contributed by atoms with Gasteiger partial charge in [-0.3, -0.25) is 9.36 Å². The van der Waals surface area contributed by atoms with Gasteiger partial charge in [0.2, 0.25) is 5.91 Å². The van der Waals surface area contributed by atoms with Gasteiger partial charge in [0.25, 0.3) is 0 Å². The molecule has 0 radical (unpaired) electrons. The number of hydrogen-bond donors (Lipinski definition) is 5. The third-order valence-corrected chi connectivity index (χ3v) is 3.92. The number of aromatic nitrogens is 2. The Morgan fingerprint density at radius 3 is 2.88 bits per heavy atom. The number of ether oxygens (including phenoxy) is 1. The van der Waals surface area contributed by atoms with Crippen LogP contribution in [0.3, 0.4) is 0 Å². The van der Waals surface area contributed by atoms with Gasteiger partial charge in [-0.05, 0) is 12.5 Å². The minimum absolute atomic E-state index is 0.0408. The molecule has 0 aromatic carbocycles. The van der Waals surface area contributed by atoms with E-state index in [1.165, 1.54) is 12.3 Å². The van der Waals surface area contributed by atoms with Gasteiger partial charge in [-0.25, -0.2) is 4.79 Å². The average Bonchev–Trinajstić information content (AvgIpc) is 2.84. The largest absolute Gasteiger partial charge is 0.394 e. The Hall–Kier alpha value is -2.01. The van der Waals surface area contributed by atoms with E-state index >= 15 is 0 Å². The highest BCUT2D eigenvalue weighted by molar-refractivity contribution is 5.81. The number of nitrogens with one attached hydrogen (secondary N) is 1. The molecule has 0 aliphatic carbocycles. The summed E-state index contributed by atoms with van der Waals surface area (Å²) in [5.41, 5.74) is 10.5. The summed E-state index contributed by atoms with van der Waals surface area (Å²) >= 11 is 0. The number of nitrogen functional groups attached to an aromatic ring is 1. The van der Waals surface area contributed by atoms with Crippen molar-refractivity contribution < 1.29 is 19.7 Å². The first-order valence-electron chi connectivity index (χ1n) is 7.74. The Kier molecular flexibility index (Phi) is 5.89. The normalized spacial score (nSPS) is 27.8. The molecular weight excluding hydrogens is 318 g/mol. The summed E-state index contributed by atoms with van der Waals surface area (Å²) in [6.07, 6.45) is -0.632. The molecule has 0 spiro atoms. The third-order valence-electron chi connectivity index (χ3n) is 3.92. The van der Waals surface area contributed by atoms with Crippen molar-refractivity contribution in [1.82, 2.24) is 14.9 Å². The Bertz CT molecular complexity index is 636. The topological polar surface area (TPSA) is 166 Å². The fourth-order valence-corrected chi connectivity index (χ4v) is 2.62. The number of rotatable bonds is 6. The zero-order chi connectivity index (χ0) is 17.9. The van der Waals surface area contributed by atoms with E-state index in [2.05, 4.69) is 10.3 Å². The van der Waals surface area contributed by atoms with Crippen LogP contribution >= 0.6 is 0 Å². The minimum atomic E-state index is -1.21. The highest BCUT2D eigenvalue weighted by atomic mass is 16.5. The Balaban J connectivity index is 2.27. The molecule has 3 unspecified atom stereocenters. The number of aliphatic hydroxyl groups is 2. The Morgan fingerprint density at radius 1 is 1.58 bits per heavy atom. The van der Waals surface area contributed by atoms with Crippen molar-refractivity contribution in [2.24, 2.45) is 5.73 Å². The maximum absolute atomic E-state index is 12.2. The van der Waals surface area contributed by atoms with Gasteiger partial charge in [0, 0.05) is 6.20 Å². The van der Waals surface area contributed by atoms with Crippen LogP contribution in [0.1, 0.15) is 26.0 Å². The molecule has 24 heavy (non-hydrogen) atoms. The van der Waals surface area contributed by atoms with E-state index in [-0.39, 0.29) is 5.82 Å². The number of amides is 1. The lowest BCUT2D eigenvalue weighted by atomic mass is 10.1. The van der Waals surface area contributed by atoms with Gasteiger partial charge in [0.05, 0.1) is 12.6 Å². The van der Waals surface area contributed by atoms with Crippen molar-refractivity contribution in [2.75, 3.05) is 12.3 Å². The van der Waals surface area contributed by atoms with Crippen molar-refractivity contribution in [3.8, 4) is 0 Å². The molecule has 0 bridgehead atoms. The van der Waals surface area contributed by atoms with E-state index in [0.717, 1.165) is 11.0 Å². The lowest BCUT2D eigenvalue weighted by molar-refractivity contribution is -0.124. The van der Waals surface area contributed by atoms with Crippen LogP contribution in [0.4, 0.5) is 5.82 Å². The van der Waals surface area contributed by atoms with Crippen LogP contribution in [0.5, 0.6) is 0 Å². The second-order valence-corrected chi connectivity index (χ2v) is 5.71. The SMILES string of the molecule is CCCC(N)C(=O)NC1C(O)[C@@H](CO)O[C@H]1n1ccc(N)nc1=O. The van der Waals surface area contributed by atoms with Crippen molar-refractivity contribution in [1.29, 1.82) is 0 Å². The molecule has 2 rings (SSSR count). The fraction of sp³-hybridized carbons (Fsp3) is 0.643. The molecule has 0 saturated carbocycles. The molecule has 1 amide bonds. The quantitative estimate of drug-likeness (QED) is 0.385. The van der Waals surface area contributed by atoms with E-state index in [9.17, 15) is 19.8 Å². The number of carbonyl (C=O) groups excluding carboxylic acids is 1. The molecule has 2 heterocycles. The summed E-state index contributed by atoms with van der Waals surface area (Å²) in [6, 6.07) is -0.302. The van der Waals surface area contributed by atoms with Crippen LogP contribution in [0.25, 0.3) is 0 Å². The van der Waals surface area contributed by atoms with E-state index in [4.69, 9.17) is 16.2 Å².